The Kier molecular flexibility index (Phi) is 5.40. The van der Waals surface area contributed by atoms with E-state index in [4.69, 9.17) is 4.74 Å². The van der Waals surface area contributed by atoms with Gasteiger partial charge in [0.15, 0.2) is 5.82 Å². The summed E-state index contributed by atoms with van der Waals surface area (Å²) in [5, 5.41) is 19.2. The Balaban J connectivity index is 1.16. The molecule has 0 saturated carbocycles. The van der Waals surface area contributed by atoms with E-state index in [1.165, 1.54) is 25.7 Å². The fourth-order valence-electron chi connectivity index (χ4n) is 5.45. The lowest BCUT2D eigenvalue weighted by Crippen LogP contribution is -2.47. The molecule has 2 saturated heterocycles. The number of carbonyl (C=O) groups excluding carboxylic acids is 1. The molecule has 4 heterocycles. The van der Waals surface area contributed by atoms with Gasteiger partial charge >= 0.3 is 5.97 Å². The number of hydrogen-bond acceptors (Lipinski definition) is 7. The van der Waals surface area contributed by atoms with E-state index in [1.807, 2.05) is 25.1 Å². The summed E-state index contributed by atoms with van der Waals surface area (Å²) in [5.74, 6) is 0.723. The number of carbonyl (C=O) groups is 1. The van der Waals surface area contributed by atoms with Gasteiger partial charge in [0.25, 0.3) is 0 Å². The Hall–Kier alpha value is -2.51. The molecule has 0 aliphatic carbocycles. The number of benzene rings is 1. The van der Waals surface area contributed by atoms with E-state index in [-0.39, 0.29) is 5.97 Å². The average molecular weight is 423 g/mol. The molecule has 0 radical (unpaired) electrons. The Labute approximate surface area is 183 Å². The lowest BCUT2D eigenvalue weighted by molar-refractivity contribution is 0.0447. The molecule has 1 atom stereocenters. The smallest absolute Gasteiger partial charge is 0.338 e. The average Bonchev–Trinajstić information content (AvgIpc) is 3.18. The van der Waals surface area contributed by atoms with Gasteiger partial charge in [0.1, 0.15) is 6.61 Å². The van der Waals surface area contributed by atoms with Crippen LogP contribution in [0.2, 0.25) is 0 Å². The number of esters is 1. The second-order valence-electron chi connectivity index (χ2n) is 9.27. The summed E-state index contributed by atoms with van der Waals surface area (Å²) < 4.78 is 5.15. The van der Waals surface area contributed by atoms with E-state index in [2.05, 4.69) is 20.0 Å². The molecule has 1 spiro atoms. The first-order valence-corrected chi connectivity index (χ1v) is 11.3. The fourth-order valence-corrected chi connectivity index (χ4v) is 5.45. The van der Waals surface area contributed by atoms with Gasteiger partial charge in [0.05, 0.1) is 11.7 Å². The maximum absolute atomic E-state index is 11.8. The molecule has 2 fully saturated rings. The highest BCUT2D eigenvalue weighted by molar-refractivity contribution is 5.93. The Morgan fingerprint density at radius 1 is 1.13 bits per heavy atom. The second-order valence-corrected chi connectivity index (χ2v) is 9.27. The molecule has 31 heavy (non-hydrogen) atoms. The number of fused-ring (bicyclic) bond motifs is 1. The van der Waals surface area contributed by atoms with Crippen molar-refractivity contribution in [1.29, 1.82) is 0 Å². The lowest BCUT2D eigenvalue weighted by atomic mass is 9.71. The van der Waals surface area contributed by atoms with Gasteiger partial charge in [-0.25, -0.2) is 4.79 Å². The summed E-state index contributed by atoms with van der Waals surface area (Å²) in [6.07, 6.45) is 5.92. The van der Waals surface area contributed by atoms with Crippen LogP contribution >= 0.6 is 0 Å². The van der Waals surface area contributed by atoms with Crippen LogP contribution < -0.4 is 4.90 Å². The van der Waals surface area contributed by atoms with Crippen molar-refractivity contribution in [2.75, 3.05) is 37.6 Å². The highest BCUT2D eigenvalue weighted by Crippen LogP contribution is 2.42. The molecule has 5 rings (SSSR count). The number of piperidine rings is 2. The van der Waals surface area contributed by atoms with E-state index in [0.29, 0.717) is 24.1 Å². The molecule has 3 aliphatic heterocycles. The maximum atomic E-state index is 11.8. The molecule has 164 valence electrons. The molecule has 1 aromatic carbocycles. The molecule has 0 bridgehead atoms. The van der Waals surface area contributed by atoms with Crippen molar-refractivity contribution in [2.45, 2.75) is 45.3 Å². The van der Waals surface area contributed by atoms with Crippen LogP contribution in [0.1, 0.15) is 58.8 Å². The van der Waals surface area contributed by atoms with Crippen molar-refractivity contribution in [2.24, 2.45) is 5.41 Å². The number of nitrogens with zero attached hydrogens (tertiary/aromatic N) is 4. The number of hydrogen-bond donors (Lipinski definition) is 1. The first-order valence-electron chi connectivity index (χ1n) is 11.3. The van der Waals surface area contributed by atoms with Crippen LogP contribution in [-0.4, -0.2) is 58.9 Å². The third-order valence-electron chi connectivity index (χ3n) is 7.62. The number of ether oxygens (including phenoxy) is 1. The predicted molar refractivity (Wildman–Crippen MR) is 117 cm³/mol. The highest BCUT2D eigenvalue weighted by Gasteiger charge is 2.38. The van der Waals surface area contributed by atoms with Crippen molar-refractivity contribution < 1.29 is 14.6 Å². The summed E-state index contributed by atoms with van der Waals surface area (Å²) in [5.41, 5.74) is 3.88. The quantitative estimate of drug-likeness (QED) is 0.759. The summed E-state index contributed by atoms with van der Waals surface area (Å²) in [6.45, 7) is 7.05. The van der Waals surface area contributed by atoms with Crippen molar-refractivity contribution >= 4 is 11.8 Å². The zero-order valence-electron chi connectivity index (χ0n) is 18.1. The van der Waals surface area contributed by atoms with Gasteiger partial charge in [-0.15, -0.1) is 5.10 Å². The molecule has 2 aromatic rings. The topological polar surface area (TPSA) is 78.8 Å². The monoisotopic (exact) mass is 422 g/mol. The van der Waals surface area contributed by atoms with Gasteiger partial charge in [-0.3, -0.25) is 0 Å². The zero-order valence-corrected chi connectivity index (χ0v) is 18.1. The van der Waals surface area contributed by atoms with Crippen LogP contribution in [0.5, 0.6) is 0 Å². The number of aliphatic hydroxyl groups is 1. The summed E-state index contributed by atoms with van der Waals surface area (Å²) in [7, 11) is 0. The minimum atomic E-state index is -0.548. The third kappa shape index (κ3) is 3.92. The van der Waals surface area contributed by atoms with Crippen molar-refractivity contribution in [3.63, 3.8) is 0 Å². The predicted octanol–water partition coefficient (Wildman–Crippen LogP) is 2.87. The van der Waals surface area contributed by atoms with Gasteiger partial charge in [-0.2, -0.15) is 5.10 Å². The molecule has 7 heteroatoms. The van der Waals surface area contributed by atoms with Crippen LogP contribution in [-0.2, 0) is 11.3 Å². The second kappa shape index (κ2) is 8.20. The van der Waals surface area contributed by atoms with Crippen LogP contribution in [0, 0.1) is 12.3 Å². The Morgan fingerprint density at radius 3 is 2.58 bits per heavy atom. The minimum absolute atomic E-state index is 0.258. The van der Waals surface area contributed by atoms with Crippen LogP contribution in [0.3, 0.4) is 0 Å². The Bertz CT molecular complexity index is 947. The third-order valence-corrected chi connectivity index (χ3v) is 7.62. The van der Waals surface area contributed by atoms with Crippen LogP contribution in [0.15, 0.2) is 30.5 Å². The number of cyclic esters (lactones) is 1. The number of aromatic nitrogens is 2. The van der Waals surface area contributed by atoms with E-state index in [9.17, 15) is 9.90 Å². The maximum Gasteiger partial charge on any atom is 0.338 e. The Morgan fingerprint density at radius 2 is 1.87 bits per heavy atom. The fraction of sp³-hybridized carbons (Fsp3) is 0.542. The summed E-state index contributed by atoms with van der Waals surface area (Å²) >= 11 is 0. The zero-order chi connectivity index (χ0) is 21.4. The number of rotatable bonds is 4. The van der Waals surface area contributed by atoms with Crippen molar-refractivity contribution in [1.82, 2.24) is 15.1 Å². The first kappa shape index (κ1) is 20.4. The SMILES string of the molecule is Cc1c(C(O)CN2CCC3(CC2)CCN(c2cccnn2)CC3)ccc2c1COC2=O. The number of β-amino-alcohol motifs (C(OH)–C–C–N with tert-alkyl or cyclic N) is 1. The number of aliphatic hydroxyl groups excluding tert-OH is 1. The van der Waals surface area contributed by atoms with Gasteiger partial charge < -0.3 is 19.6 Å². The normalized spacial score (nSPS) is 21.7. The number of anilines is 1. The van der Waals surface area contributed by atoms with Crippen molar-refractivity contribution in [3.8, 4) is 0 Å². The summed E-state index contributed by atoms with van der Waals surface area (Å²) in [4.78, 5) is 16.5. The van der Waals surface area contributed by atoms with Gasteiger partial charge in [-0.05, 0) is 80.4 Å². The highest BCUT2D eigenvalue weighted by atomic mass is 16.5. The van der Waals surface area contributed by atoms with E-state index in [1.54, 1.807) is 12.3 Å². The standard InChI is InChI=1S/C24H30N4O3/c1-17-18(4-5-19-20(17)16-31-23(19)30)21(29)15-27-11-6-24(7-12-27)8-13-28(14-9-24)22-3-2-10-25-26-22/h2-5,10,21,29H,6-9,11-16H2,1H3. The molecule has 1 N–H and O–H groups in total. The molecule has 1 aromatic heterocycles. The van der Waals surface area contributed by atoms with Crippen LogP contribution in [0.4, 0.5) is 5.82 Å². The number of likely N-dealkylation sites (tertiary alicyclic amines) is 1. The minimum Gasteiger partial charge on any atom is -0.457 e. The van der Waals surface area contributed by atoms with E-state index in [0.717, 1.165) is 48.7 Å². The largest absolute Gasteiger partial charge is 0.457 e. The van der Waals surface area contributed by atoms with Gasteiger partial charge in [0.2, 0.25) is 0 Å². The molecular formula is C24H30N4O3. The molecule has 1 unspecified atom stereocenters. The molecule has 3 aliphatic rings. The van der Waals surface area contributed by atoms with Gasteiger partial charge in [-0.1, -0.05) is 6.07 Å². The molecule has 7 nitrogen and oxygen atoms in total. The summed E-state index contributed by atoms with van der Waals surface area (Å²) in [6, 6.07) is 7.67. The van der Waals surface area contributed by atoms with Crippen molar-refractivity contribution in [3.05, 3.63) is 52.7 Å². The van der Waals surface area contributed by atoms with Gasteiger partial charge in [0, 0.05) is 31.4 Å². The van der Waals surface area contributed by atoms with Crippen LogP contribution in [0.25, 0.3) is 0 Å². The molecule has 0 amide bonds. The van der Waals surface area contributed by atoms with E-state index >= 15 is 0 Å². The van der Waals surface area contributed by atoms with E-state index < -0.39 is 6.10 Å². The molecular weight excluding hydrogens is 392 g/mol. The lowest BCUT2D eigenvalue weighted by Gasteiger charge is -2.47. The first-order chi connectivity index (χ1) is 15.0.